The molecular formula is C14H22ClNO. The molecule has 0 radical (unpaired) electrons. The van der Waals surface area contributed by atoms with E-state index in [0.717, 1.165) is 18.0 Å². The Kier molecular flexibility index (Phi) is 4.99. The van der Waals surface area contributed by atoms with E-state index in [4.69, 9.17) is 11.6 Å². The number of hydrogen-bond donors (Lipinski definition) is 1. The maximum atomic E-state index is 9.71. The van der Waals surface area contributed by atoms with E-state index in [9.17, 15) is 5.11 Å². The van der Waals surface area contributed by atoms with Crippen LogP contribution in [0.4, 0.5) is 0 Å². The van der Waals surface area contributed by atoms with E-state index in [2.05, 4.69) is 18.9 Å². The Labute approximate surface area is 109 Å². The summed E-state index contributed by atoms with van der Waals surface area (Å²) in [5.41, 5.74) is 0.640. The number of hydrogen-bond acceptors (Lipinski definition) is 2. The van der Waals surface area contributed by atoms with Crippen molar-refractivity contribution < 1.29 is 5.11 Å². The van der Waals surface area contributed by atoms with Gasteiger partial charge in [0.05, 0.1) is 5.60 Å². The van der Waals surface area contributed by atoms with Crippen LogP contribution in [0.1, 0.15) is 38.8 Å². The molecule has 0 aromatic heterocycles. The van der Waals surface area contributed by atoms with Gasteiger partial charge in [-0.25, -0.2) is 0 Å². The molecule has 2 nitrogen and oxygen atoms in total. The number of aliphatic hydroxyl groups is 1. The van der Waals surface area contributed by atoms with Gasteiger partial charge in [0.15, 0.2) is 0 Å². The standard InChI is InChI=1S/C14H22ClNO/c1-11(12-5-7-13(15)8-6-12)16(4)10-9-14(2,3)17/h5-8,11,17H,9-10H2,1-4H3. The highest BCUT2D eigenvalue weighted by molar-refractivity contribution is 6.30. The monoisotopic (exact) mass is 255 g/mol. The molecule has 0 aliphatic rings. The molecule has 0 amide bonds. The van der Waals surface area contributed by atoms with Gasteiger partial charge in [0.25, 0.3) is 0 Å². The smallest absolute Gasteiger partial charge is 0.0603 e. The second kappa shape index (κ2) is 5.85. The maximum absolute atomic E-state index is 9.71. The second-order valence-electron chi connectivity index (χ2n) is 5.27. The fraction of sp³-hybridized carbons (Fsp3) is 0.571. The largest absolute Gasteiger partial charge is 0.390 e. The van der Waals surface area contributed by atoms with E-state index < -0.39 is 5.60 Å². The third-order valence-electron chi connectivity index (χ3n) is 3.09. The third kappa shape index (κ3) is 5.07. The van der Waals surface area contributed by atoms with Gasteiger partial charge in [-0.3, -0.25) is 4.90 Å². The molecule has 0 heterocycles. The van der Waals surface area contributed by atoms with Crippen LogP contribution < -0.4 is 0 Å². The van der Waals surface area contributed by atoms with Gasteiger partial charge in [0.1, 0.15) is 0 Å². The summed E-state index contributed by atoms with van der Waals surface area (Å²) >= 11 is 5.87. The first-order valence-corrected chi connectivity index (χ1v) is 6.35. The van der Waals surface area contributed by atoms with Gasteiger partial charge in [-0.1, -0.05) is 23.7 Å². The van der Waals surface area contributed by atoms with Crippen LogP contribution in [0.5, 0.6) is 0 Å². The first-order valence-electron chi connectivity index (χ1n) is 5.98. The van der Waals surface area contributed by atoms with Gasteiger partial charge < -0.3 is 5.11 Å². The van der Waals surface area contributed by atoms with Gasteiger partial charge in [-0.15, -0.1) is 0 Å². The van der Waals surface area contributed by atoms with Crippen molar-refractivity contribution in [2.24, 2.45) is 0 Å². The predicted molar refractivity (Wildman–Crippen MR) is 73.4 cm³/mol. The normalized spacial score (nSPS) is 14.1. The highest BCUT2D eigenvalue weighted by atomic mass is 35.5. The van der Waals surface area contributed by atoms with Crippen LogP contribution in [0.3, 0.4) is 0 Å². The maximum Gasteiger partial charge on any atom is 0.0603 e. The fourth-order valence-corrected chi connectivity index (χ4v) is 1.77. The SMILES string of the molecule is CC(c1ccc(Cl)cc1)N(C)CCC(C)(C)O. The summed E-state index contributed by atoms with van der Waals surface area (Å²) in [6.07, 6.45) is 0.765. The first-order chi connectivity index (χ1) is 7.79. The van der Waals surface area contributed by atoms with Crippen molar-refractivity contribution in [2.45, 2.75) is 38.8 Å². The molecular weight excluding hydrogens is 234 g/mol. The summed E-state index contributed by atoms with van der Waals surface area (Å²) in [4.78, 5) is 2.24. The zero-order chi connectivity index (χ0) is 13.1. The Morgan fingerprint density at radius 1 is 1.29 bits per heavy atom. The van der Waals surface area contributed by atoms with E-state index in [1.165, 1.54) is 5.56 Å². The molecule has 3 heteroatoms. The van der Waals surface area contributed by atoms with Crippen molar-refractivity contribution in [3.63, 3.8) is 0 Å². The van der Waals surface area contributed by atoms with Crippen molar-refractivity contribution in [3.05, 3.63) is 34.9 Å². The van der Waals surface area contributed by atoms with Crippen LogP contribution in [0.15, 0.2) is 24.3 Å². The molecule has 0 spiro atoms. The Hall–Kier alpha value is -0.570. The molecule has 1 aromatic carbocycles. The molecule has 17 heavy (non-hydrogen) atoms. The Morgan fingerprint density at radius 2 is 1.82 bits per heavy atom. The summed E-state index contributed by atoms with van der Waals surface area (Å²) < 4.78 is 0. The minimum atomic E-state index is -0.603. The van der Waals surface area contributed by atoms with Crippen LogP contribution >= 0.6 is 11.6 Å². The summed E-state index contributed by atoms with van der Waals surface area (Å²) in [6.45, 7) is 6.71. The number of rotatable bonds is 5. The molecule has 1 atom stereocenters. The third-order valence-corrected chi connectivity index (χ3v) is 3.34. The van der Waals surface area contributed by atoms with Crippen LogP contribution in [0, 0.1) is 0 Å². The molecule has 0 fully saturated rings. The summed E-state index contributed by atoms with van der Waals surface area (Å²) in [7, 11) is 2.07. The van der Waals surface area contributed by atoms with E-state index >= 15 is 0 Å². The average Bonchev–Trinajstić information content (AvgIpc) is 2.25. The van der Waals surface area contributed by atoms with E-state index in [-0.39, 0.29) is 0 Å². The quantitative estimate of drug-likeness (QED) is 0.871. The van der Waals surface area contributed by atoms with Crippen LogP contribution in [-0.4, -0.2) is 29.2 Å². The predicted octanol–water partition coefficient (Wildman–Crippen LogP) is 3.49. The first kappa shape index (κ1) is 14.5. The Bertz CT molecular complexity index is 342. The van der Waals surface area contributed by atoms with Crippen molar-refractivity contribution in [2.75, 3.05) is 13.6 Å². The molecule has 0 bridgehead atoms. The van der Waals surface area contributed by atoms with Crippen LogP contribution in [-0.2, 0) is 0 Å². The van der Waals surface area contributed by atoms with Gasteiger partial charge in [0, 0.05) is 17.6 Å². The van der Waals surface area contributed by atoms with Gasteiger partial charge in [0.2, 0.25) is 0 Å². The van der Waals surface area contributed by atoms with Crippen molar-refractivity contribution >= 4 is 11.6 Å². The minimum Gasteiger partial charge on any atom is -0.390 e. The lowest BCUT2D eigenvalue weighted by Crippen LogP contribution is -2.30. The lowest BCUT2D eigenvalue weighted by molar-refractivity contribution is 0.0565. The van der Waals surface area contributed by atoms with Crippen molar-refractivity contribution in [3.8, 4) is 0 Å². The zero-order valence-electron chi connectivity index (χ0n) is 11.1. The van der Waals surface area contributed by atoms with E-state index in [1.807, 2.05) is 38.1 Å². The van der Waals surface area contributed by atoms with Gasteiger partial charge >= 0.3 is 0 Å². The number of nitrogens with zero attached hydrogens (tertiary/aromatic N) is 1. The highest BCUT2D eigenvalue weighted by Gasteiger charge is 2.16. The fourth-order valence-electron chi connectivity index (χ4n) is 1.64. The van der Waals surface area contributed by atoms with Gasteiger partial charge in [-0.2, -0.15) is 0 Å². The number of benzene rings is 1. The van der Waals surface area contributed by atoms with Crippen molar-refractivity contribution in [1.82, 2.24) is 4.90 Å². The van der Waals surface area contributed by atoms with Crippen LogP contribution in [0.2, 0.25) is 5.02 Å². The summed E-state index contributed by atoms with van der Waals surface area (Å²) in [6, 6.07) is 8.25. The van der Waals surface area contributed by atoms with E-state index in [0.29, 0.717) is 6.04 Å². The molecule has 1 N–H and O–H groups in total. The molecule has 0 saturated heterocycles. The summed E-state index contributed by atoms with van der Waals surface area (Å²) in [5, 5.41) is 10.5. The zero-order valence-corrected chi connectivity index (χ0v) is 11.8. The molecule has 0 aliphatic heterocycles. The van der Waals surface area contributed by atoms with E-state index in [1.54, 1.807) is 0 Å². The Balaban J connectivity index is 2.57. The Morgan fingerprint density at radius 3 is 2.29 bits per heavy atom. The molecule has 96 valence electrons. The van der Waals surface area contributed by atoms with Gasteiger partial charge in [-0.05, 0) is 51.9 Å². The highest BCUT2D eigenvalue weighted by Crippen LogP contribution is 2.21. The minimum absolute atomic E-state index is 0.328. The lowest BCUT2D eigenvalue weighted by atomic mass is 10.0. The molecule has 1 rings (SSSR count). The van der Waals surface area contributed by atoms with Crippen molar-refractivity contribution in [1.29, 1.82) is 0 Å². The van der Waals surface area contributed by atoms with Crippen LogP contribution in [0.25, 0.3) is 0 Å². The molecule has 0 saturated carbocycles. The topological polar surface area (TPSA) is 23.5 Å². The average molecular weight is 256 g/mol. The molecule has 1 unspecified atom stereocenters. The summed E-state index contributed by atoms with van der Waals surface area (Å²) in [5.74, 6) is 0. The second-order valence-corrected chi connectivity index (χ2v) is 5.71. The molecule has 1 aromatic rings. The molecule has 0 aliphatic carbocycles. The number of halogens is 1. The lowest BCUT2D eigenvalue weighted by Gasteiger charge is -2.28.